The van der Waals surface area contributed by atoms with E-state index < -0.39 is 0 Å². The zero-order chi connectivity index (χ0) is 11.0. The zero-order valence-corrected chi connectivity index (χ0v) is 8.87. The lowest BCUT2D eigenvalue weighted by Gasteiger charge is -2.08. The second-order valence-corrected chi connectivity index (χ2v) is 3.83. The van der Waals surface area contributed by atoms with Gasteiger partial charge in [0.1, 0.15) is 5.52 Å². The van der Waals surface area contributed by atoms with E-state index in [9.17, 15) is 4.39 Å². The van der Waals surface area contributed by atoms with E-state index in [1.807, 2.05) is 19.9 Å². The fourth-order valence-electron chi connectivity index (χ4n) is 1.77. The first-order chi connectivity index (χ1) is 7.15. The molecule has 0 unspecified atom stereocenters. The van der Waals surface area contributed by atoms with Crippen LogP contribution in [-0.2, 0) is 6.54 Å². The molecule has 0 aliphatic carbocycles. The van der Waals surface area contributed by atoms with Crippen LogP contribution in [-0.4, -0.2) is 9.78 Å². The SMILES string of the molecule is CC(C)n1nc2c(F)cccc2c1CN. The standard InChI is InChI=1S/C11H14FN3/c1-7(2)15-10(6-13)8-4-3-5-9(12)11(8)14-15/h3-5,7H,6,13H2,1-2H3. The minimum atomic E-state index is -0.290. The Balaban J connectivity index is 2.78. The summed E-state index contributed by atoms with van der Waals surface area (Å²) in [5, 5.41) is 5.06. The number of nitrogens with two attached hydrogens (primary N) is 1. The van der Waals surface area contributed by atoms with Gasteiger partial charge in [-0.05, 0) is 19.9 Å². The van der Waals surface area contributed by atoms with Crippen LogP contribution in [0.15, 0.2) is 18.2 Å². The van der Waals surface area contributed by atoms with E-state index >= 15 is 0 Å². The molecule has 2 N–H and O–H groups in total. The fourth-order valence-corrected chi connectivity index (χ4v) is 1.77. The van der Waals surface area contributed by atoms with Crippen molar-refractivity contribution in [3.05, 3.63) is 29.7 Å². The van der Waals surface area contributed by atoms with Gasteiger partial charge in [-0.1, -0.05) is 12.1 Å². The smallest absolute Gasteiger partial charge is 0.151 e. The second kappa shape index (κ2) is 3.62. The lowest BCUT2D eigenvalue weighted by molar-refractivity contribution is 0.512. The Morgan fingerprint density at radius 1 is 1.47 bits per heavy atom. The van der Waals surface area contributed by atoms with E-state index in [1.165, 1.54) is 6.07 Å². The van der Waals surface area contributed by atoms with Gasteiger partial charge < -0.3 is 5.73 Å². The number of hydrogen-bond acceptors (Lipinski definition) is 2. The molecule has 0 saturated heterocycles. The van der Waals surface area contributed by atoms with Crippen LogP contribution in [0.4, 0.5) is 4.39 Å². The predicted octanol–water partition coefficient (Wildman–Crippen LogP) is 2.22. The van der Waals surface area contributed by atoms with E-state index in [2.05, 4.69) is 5.10 Å². The largest absolute Gasteiger partial charge is 0.325 e. The van der Waals surface area contributed by atoms with Crippen molar-refractivity contribution in [3.63, 3.8) is 0 Å². The molecule has 0 aliphatic rings. The highest BCUT2D eigenvalue weighted by atomic mass is 19.1. The van der Waals surface area contributed by atoms with Crippen molar-refractivity contribution in [2.24, 2.45) is 5.73 Å². The van der Waals surface area contributed by atoms with E-state index in [-0.39, 0.29) is 11.9 Å². The highest BCUT2D eigenvalue weighted by Gasteiger charge is 2.14. The van der Waals surface area contributed by atoms with Crippen LogP contribution in [0, 0.1) is 5.82 Å². The lowest BCUT2D eigenvalue weighted by atomic mass is 10.2. The molecule has 0 spiro atoms. The molecular formula is C11H14FN3. The molecule has 0 saturated carbocycles. The molecule has 15 heavy (non-hydrogen) atoms. The van der Waals surface area contributed by atoms with Gasteiger partial charge in [0.15, 0.2) is 5.82 Å². The van der Waals surface area contributed by atoms with Crippen LogP contribution >= 0.6 is 0 Å². The van der Waals surface area contributed by atoms with Crippen LogP contribution in [0.1, 0.15) is 25.6 Å². The Hall–Kier alpha value is -1.42. The highest BCUT2D eigenvalue weighted by molar-refractivity contribution is 5.82. The molecule has 4 heteroatoms. The first-order valence-electron chi connectivity index (χ1n) is 5.00. The number of nitrogens with zero attached hydrogens (tertiary/aromatic N) is 2. The van der Waals surface area contributed by atoms with E-state index in [0.717, 1.165) is 11.1 Å². The third-order valence-electron chi connectivity index (χ3n) is 2.46. The summed E-state index contributed by atoms with van der Waals surface area (Å²) in [4.78, 5) is 0. The highest BCUT2D eigenvalue weighted by Crippen LogP contribution is 2.23. The van der Waals surface area contributed by atoms with Crippen LogP contribution in [0.3, 0.4) is 0 Å². The minimum absolute atomic E-state index is 0.190. The number of fused-ring (bicyclic) bond motifs is 1. The molecule has 0 fully saturated rings. The minimum Gasteiger partial charge on any atom is -0.325 e. The van der Waals surface area contributed by atoms with Gasteiger partial charge in [-0.2, -0.15) is 5.10 Å². The number of halogens is 1. The number of hydrogen-bond donors (Lipinski definition) is 1. The summed E-state index contributed by atoms with van der Waals surface area (Å²) in [6, 6.07) is 5.14. The van der Waals surface area contributed by atoms with Crippen molar-refractivity contribution in [1.29, 1.82) is 0 Å². The molecule has 2 aromatic rings. The van der Waals surface area contributed by atoms with Crippen LogP contribution in [0.5, 0.6) is 0 Å². The number of aromatic nitrogens is 2. The number of benzene rings is 1. The molecule has 0 bridgehead atoms. The Morgan fingerprint density at radius 3 is 2.80 bits per heavy atom. The first-order valence-corrected chi connectivity index (χ1v) is 5.00. The Morgan fingerprint density at radius 2 is 2.20 bits per heavy atom. The fraction of sp³-hybridized carbons (Fsp3) is 0.364. The molecule has 0 radical (unpaired) electrons. The summed E-state index contributed by atoms with van der Waals surface area (Å²) in [6.07, 6.45) is 0. The van der Waals surface area contributed by atoms with Crippen LogP contribution in [0.25, 0.3) is 10.9 Å². The van der Waals surface area contributed by atoms with E-state index in [0.29, 0.717) is 12.1 Å². The van der Waals surface area contributed by atoms with Gasteiger partial charge in [-0.15, -0.1) is 0 Å². The predicted molar refractivity (Wildman–Crippen MR) is 58.0 cm³/mol. The van der Waals surface area contributed by atoms with Crippen molar-refractivity contribution >= 4 is 10.9 Å². The van der Waals surface area contributed by atoms with Gasteiger partial charge >= 0.3 is 0 Å². The molecule has 1 aromatic carbocycles. The van der Waals surface area contributed by atoms with Gasteiger partial charge in [0.25, 0.3) is 0 Å². The summed E-state index contributed by atoms with van der Waals surface area (Å²) in [5.74, 6) is -0.290. The molecule has 0 aliphatic heterocycles. The molecule has 1 aromatic heterocycles. The molecule has 2 rings (SSSR count). The molecule has 1 heterocycles. The van der Waals surface area contributed by atoms with Gasteiger partial charge in [-0.25, -0.2) is 4.39 Å². The van der Waals surface area contributed by atoms with Crippen molar-refractivity contribution in [3.8, 4) is 0 Å². The maximum atomic E-state index is 13.5. The third-order valence-corrected chi connectivity index (χ3v) is 2.46. The average Bonchev–Trinajstić information content (AvgIpc) is 2.57. The normalized spacial score (nSPS) is 11.5. The Bertz CT molecular complexity index is 488. The molecule has 80 valence electrons. The summed E-state index contributed by atoms with van der Waals surface area (Å²) in [5.41, 5.74) is 6.96. The lowest BCUT2D eigenvalue weighted by Crippen LogP contribution is -2.10. The van der Waals surface area contributed by atoms with Gasteiger partial charge in [-0.3, -0.25) is 4.68 Å². The van der Waals surface area contributed by atoms with Crippen molar-refractivity contribution in [2.45, 2.75) is 26.4 Å². The maximum absolute atomic E-state index is 13.5. The van der Waals surface area contributed by atoms with Crippen molar-refractivity contribution < 1.29 is 4.39 Å². The molecular weight excluding hydrogens is 193 g/mol. The Labute approximate surface area is 87.7 Å². The summed E-state index contributed by atoms with van der Waals surface area (Å²) in [7, 11) is 0. The average molecular weight is 207 g/mol. The molecule has 3 nitrogen and oxygen atoms in total. The summed E-state index contributed by atoms with van der Waals surface area (Å²) >= 11 is 0. The summed E-state index contributed by atoms with van der Waals surface area (Å²) < 4.78 is 15.2. The van der Waals surface area contributed by atoms with Crippen molar-refractivity contribution in [2.75, 3.05) is 0 Å². The number of rotatable bonds is 2. The second-order valence-electron chi connectivity index (χ2n) is 3.83. The summed E-state index contributed by atoms with van der Waals surface area (Å²) in [6.45, 7) is 4.38. The van der Waals surface area contributed by atoms with Crippen molar-refractivity contribution in [1.82, 2.24) is 9.78 Å². The Kier molecular flexibility index (Phi) is 2.44. The van der Waals surface area contributed by atoms with Crippen LogP contribution < -0.4 is 5.73 Å². The van der Waals surface area contributed by atoms with E-state index in [1.54, 1.807) is 10.7 Å². The van der Waals surface area contributed by atoms with Gasteiger partial charge in [0.05, 0.1) is 5.69 Å². The first kappa shape index (κ1) is 10.1. The quantitative estimate of drug-likeness (QED) is 0.820. The zero-order valence-electron chi connectivity index (χ0n) is 8.87. The monoisotopic (exact) mass is 207 g/mol. The van der Waals surface area contributed by atoms with E-state index in [4.69, 9.17) is 5.73 Å². The third kappa shape index (κ3) is 1.51. The van der Waals surface area contributed by atoms with Crippen LogP contribution in [0.2, 0.25) is 0 Å². The van der Waals surface area contributed by atoms with Gasteiger partial charge in [0.2, 0.25) is 0 Å². The molecule has 0 atom stereocenters. The maximum Gasteiger partial charge on any atom is 0.151 e. The molecule has 0 amide bonds. The topological polar surface area (TPSA) is 43.8 Å². The van der Waals surface area contributed by atoms with Gasteiger partial charge in [0, 0.05) is 18.0 Å².